The lowest BCUT2D eigenvalue weighted by molar-refractivity contribution is 0.480. The van der Waals surface area contributed by atoms with Crippen LogP contribution < -0.4 is 4.74 Å². The summed E-state index contributed by atoms with van der Waals surface area (Å²) in [4.78, 5) is 4.49. The third-order valence-electron chi connectivity index (χ3n) is 3.77. The average Bonchev–Trinajstić information content (AvgIpc) is 3.25. The van der Waals surface area contributed by atoms with Crippen molar-refractivity contribution in [2.24, 2.45) is 0 Å². The predicted molar refractivity (Wildman–Crippen MR) is 86.9 cm³/mol. The van der Waals surface area contributed by atoms with Gasteiger partial charge in [0.15, 0.2) is 0 Å². The summed E-state index contributed by atoms with van der Waals surface area (Å²) in [5, 5.41) is 0.706. The Morgan fingerprint density at radius 1 is 0.952 bits per heavy atom. The van der Waals surface area contributed by atoms with Gasteiger partial charge in [-0.25, -0.2) is 4.98 Å². The highest BCUT2D eigenvalue weighted by Gasteiger charge is 2.21. The molecular weight excluding hydrogens is 278 g/mol. The van der Waals surface area contributed by atoms with Gasteiger partial charge in [0.2, 0.25) is 0 Å². The van der Waals surface area contributed by atoms with Crippen LogP contribution in [0.25, 0.3) is 10.2 Å². The maximum Gasteiger partial charge on any atom is 0.279 e. The van der Waals surface area contributed by atoms with E-state index in [1.165, 1.54) is 24.8 Å². The van der Waals surface area contributed by atoms with Gasteiger partial charge in [-0.1, -0.05) is 35.6 Å². The van der Waals surface area contributed by atoms with Gasteiger partial charge in [0, 0.05) is 0 Å². The monoisotopic (exact) mass is 294 g/mol. The molecule has 1 saturated carbocycles. The summed E-state index contributed by atoms with van der Waals surface area (Å²) in [5.41, 5.74) is 2.38. The van der Waals surface area contributed by atoms with Crippen molar-refractivity contribution in [3.05, 3.63) is 60.0 Å². The molecule has 105 valence electrons. The maximum atomic E-state index is 5.86. The second kappa shape index (κ2) is 5.49. The highest BCUT2D eigenvalue weighted by atomic mass is 32.1. The van der Waals surface area contributed by atoms with Gasteiger partial charge < -0.3 is 4.74 Å². The summed E-state index contributed by atoms with van der Waals surface area (Å²) in [6, 6.07) is 16.5. The normalized spacial score (nSPS) is 14.5. The number of ether oxygens (including phenoxy) is 1. The first-order chi connectivity index (χ1) is 10.4. The summed E-state index contributed by atoms with van der Waals surface area (Å²) in [7, 11) is 0. The first kappa shape index (κ1) is 12.8. The van der Waals surface area contributed by atoms with E-state index >= 15 is 0 Å². The molecule has 4 rings (SSSR count). The van der Waals surface area contributed by atoms with Crippen molar-refractivity contribution >= 4 is 21.6 Å². The summed E-state index contributed by atoms with van der Waals surface area (Å²) in [6.07, 6.45) is 5.09. The van der Waals surface area contributed by atoms with Gasteiger partial charge >= 0.3 is 0 Å². The number of rotatable bonds is 5. The van der Waals surface area contributed by atoms with Crippen LogP contribution in [0.4, 0.5) is 0 Å². The fourth-order valence-electron chi connectivity index (χ4n) is 2.38. The van der Waals surface area contributed by atoms with E-state index < -0.39 is 0 Å². The van der Waals surface area contributed by atoms with Crippen LogP contribution in [0.3, 0.4) is 0 Å². The Labute approximate surface area is 128 Å². The Bertz CT molecular complexity index is 710. The van der Waals surface area contributed by atoms with E-state index in [1.807, 2.05) is 30.3 Å². The van der Waals surface area contributed by atoms with Gasteiger partial charge in [0.05, 0.1) is 10.2 Å². The van der Waals surface area contributed by atoms with Crippen LogP contribution in [0.5, 0.6) is 10.9 Å². The topological polar surface area (TPSA) is 22.1 Å². The van der Waals surface area contributed by atoms with Crippen LogP contribution in [0.1, 0.15) is 24.8 Å². The van der Waals surface area contributed by atoms with E-state index in [2.05, 4.69) is 23.2 Å². The van der Waals surface area contributed by atoms with Crippen molar-refractivity contribution in [3.8, 4) is 10.9 Å². The minimum Gasteiger partial charge on any atom is -0.431 e. The molecule has 2 aromatic carbocycles. The molecule has 1 fully saturated rings. The van der Waals surface area contributed by atoms with Gasteiger partial charge in [0.25, 0.3) is 5.19 Å². The van der Waals surface area contributed by atoms with E-state index in [4.69, 9.17) is 4.74 Å². The molecule has 21 heavy (non-hydrogen) atoms. The predicted octanol–water partition coefficient (Wildman–Crippen LogP) is 5.39. The lowest BCUT2D eigenvalue weighted by Gasteiger charge is -2.03. The summed E-state index contributed by atoms with van der Waals surface area (Å²) in [6.45, 7) is 0. The number of fused-ring (bicyclic) bond motifs is 1. The first-order valence-corrected chi connectivity index (χ1v) is 8.14. The highest BCUT2D eigenvalue weighted by Crippen LogP contribution is 2.36. The Morgan fingerprint density at radius 2 is 1.76 bits per heavy atom. The zero-order valence-electron chi connectivity index (χ0n) is 11.7. The standard InChI is InChI=1S/C18H16NOS/c1-2-4-17-16(3-1)19-18(21-17)20-15-11-9-14(10-12-15)8-7-13-5-6-13/h1-4,9-12H,5-8H2. The van der Waals surface area contributed by atoms with Gasteiger partial charge in [-0.3, -0.25) is 0 Å². The van der Waals surface area contributed by atoms with Crippen LogP contribution in [-0.2, 0) is 6.42 Å². The number of thiazole rings is 1. The quantitative estimate of drug-likeness (QED) is 0.629. The van der Waals surface area contributed by atoms with Crippen molar-refractivity contribution in [1.29, 1.82) is 0 Å². The van der Waals surface area contributed by atoms with E-state index in [-0.39, 0.29) is 0 Å². The second-order valence-corrected chi connectivity index (χ2v) is 6.44. The van der Waals surface area contributed by atoms with Crippen LogP contribution in [0, 0.1) is 5.92 Å². The number of aromatic nitrogens is 1. The zero-order chi connectivity index (χ0) is 14.1. The zero-order valence-corrected chi connectivity index (χ0v) is 12.5. The molecule has 3 heteroatoms. The van der Waals surface area contributed by atoms with Crippen LogP contribution >= 0.6 is 11.3 Å². The van der Waals surface area contributed by atoms with Crippen LogP contribution in [0.2, 0.25) is 0 Å². The summed E-state index contributed by atoms with van der Waals surface area (Å²) >= 11 is 1.58. The summed E-state index contributed by atoms with van der Waals surface area (Å²) < 4.78 is 7.02. The number of benzene rings is 2. The van der Waals surface area contributed by atoms with Crippen molar-refractivity contribution < 1.29 is 4.74 Å². The van der Waals surface area contributed by atoms with Gasteiger partial charge in [0.1, 0.15) is 5.75 Å². The van der Waals surface area contributed by atoms with E-state index in [1.54, 1.807) is 17.3 Å². The number of para-hydroxylation sites is 1. The van der Waals surface area contributed by atoms with Crippen molar-refractivity contribution in [3.63, 3.8) is 0 Å². The maximum absolute atomic E-state index is 5.86. The Morgan fingerprint density at radius 3 is 2.52 bits per heavy atom. The molecule has 1 radical (unpaired) electrons. The van der Waals surface area contributed by atoms with E-state index in [0.717, 1.165) is 22.4 Å². The fourth-order valence-corrected chi connectivity index (χ4v) is 3.21. The number of hydrogen-bond acceptors (Lipinski definition) is 3. The molecular formula is C18H16NOS. The molecule has 1 aromatic heterocycles. The molecule has 0 atom stereocenters. The van der Waals surface area contributed by atoms with Crippen molar-refractivity contribution in [1.82, 2.24) is 4.98 Å². The minimum absolute atomic E-state index is 0.706. The fraction of sp³-hybridized carbons (Fsp3) is 0.222. The molecule has 0 saturated heterocycles. The van der Waals surface area contributed by atoms with Gasteiger partial charge in [-0.15, -0.1) is 0 Å². The van der Waals surface area contributed by atoms with Crippen LogP contribution in [0.15, 0.2) is 48.5 Å². The molecule has 3 aromatic rings. The lowest BCUT2D eigenvalue weighted by atomic mass is 10.1. The number of nitrogens with zero attached hydrogens (tertiary/aromatic N) is 1. The van der Waals surface area contributed by atoms with Gasteiger partial charge in [-0.05, 0) is 61.4 Å². The Hall–Kier alpha value is -1.87. The smallest absolute Gasteiger partial charge is 0.279 e. The minimum atomic E-state index is 0.706. The molecule has 0 aliphatic heterocycles. The average molecular weight is 294 g/mol. The molecule has 1 aliphatic carbocycles. The van der Waals surface area contributed by atoms with Crippen molar-refractivity contribution in [2.45, 2.75) is 25.7 Å². The third-order valence-corrected chi connectivity index (χ3v) is 4.69. The first-order valence-electron chi connectivity index (χ1n) is 7.33. The largest absolute Gasteiger partial charge is 0.431 e. The SMILES string of the molecule is c1ccc2sc(Oc3ccc(CC[C]4CC4)cc3)nc2c1. The molecule has 0 unspecified atom stereocenters. The van der Waals surface area contributed by atoms with Gasteiger partial charge in [-0.2, -0.15) is 0 Å². The van der Waals surface area contributed by atoms with E-state index in [0.29, 0.717) is 5.19 Å². The molecule has 1 aliphatic rings. The third kappa shape index (κ3) is 3.08. The second-order valence-electron chi connectivity index (χ2n) is 5.44. The lowest BCUT2D eigenvalue weighted by Crippen LogP contribution is -1.87. The van der Waals surface area contributed by atoms with Crippen LogP contribution in [-0.4, -0.2) is 4.98 Å². The number of hydrogen-bond donors (Lipinski definition) is 0. The molecule has 0 bridgehead atoms. The number of aryl methyl sites for hydroxylation is 1. The Balaban J connectivity index is 1.45. The molecule has 0 spiro atoms. The molecule has 0 N–H and O–H groups in total. The molecule has 0 amide bonds. The molecule has 1 heterocycles. The summed E-state index contributed by atoms with van der Waals surface area (Å²) in [5.74, 6) is 2.57. The molecule has 2 nitrogen and oxygen atoms in total. The highest BCUT2D eigenvalue weighted by molar-refractivity contribution is 7.20. The Kier molecular flexibility index (Phi) is 3.36. The van der Waals surface area contributed by atoms with E-state index in [9.17, 15) is 0 Å². The van der Waals surface area contributed by atoms with Crippen molar-refractivity contribution in [2.75, 3.05) is 0 Å².